The fraction of sp³-hybridized carbons (Fsp3) is 0.824. The Morgan fingerprint density at radius 2 is 2.08 bits per heavy atom. The highest BCUT2D eigenvalue weighted by molar-refractivity contribution is 5.81. The first-order chi connectivity index (χ1) is 11.9. The highest BCUT2D eigenvalue weighted by Crippen LogP contribution is 2.25. The van der Waals surface area contributed by atoms with Gasteiger partial charge in [0.25, 0.3) is 0 Å². The molecule has 0 bridgehead atoms. The summed E-state index contributed by atoms with van der Waals surface area (Å²) in [5.41, 5.74) is 0. The molecule has 8 nitrogen and oxygen atoms in total. The van der Waals surface area contributed by atoms with Gasteiger partial charge in [-0.2, -0.15) is 0 Å². The van der Waals surface area contributed by atoms with Crippen LogP contribution in [0.25, 0.3) is 0 Å². The summed E-state index contributed by atoms with van der Waals surface area (Å²) in [7, 11) is 1.55. The van der Waals surface area contributed by atoms with Crippen molar-refractivity contribution in [1.29, 1.82) is 0 Å². The Kier molecular flexibility index (Phi) is 9.44. The zero-order valence-electron chi connectivity index (χ0n) is 15.4. The number of nitrogens with one attached hydrogen (secondary N) is 1. The van der Waals surface area contributed by atoms with Crippen LogP contribution in [0.5, 0.6) is 0 Å². The predicted molar refractivity (Wildman–Crippen MR) is 88.7 cm³/mol. The number of carbonyl (C=O) groups is 3. The molecule has 0 radical (unpaired) electrons. The molecule has 1 fully saturated rings. The number of ether oxygens (including phenoxy) is 4. The van der Waals surface area contributed by atoms with Crippen molar-refractivity contribution in [3.8, 4) is 0 Å². The highest BCUT2D eigenvalue weighted by atomic mass is 16.6. The van der Waals surface area contributed by atoms with Gasteiger partial charge in [-0.25, -0.2) is 9.59 Å². The lowest BCUT2D eigenvalue weighted by Crippen LogP contribution is -2.53. The molecule has 0 spiro atoms. The summed E-state index contributed by atoms with van der Waals surface area (Å²) in [5.74, 6) is -0.658. The molecule has 1 aliphatic heterocycles. The molecule has 0 unspecified atom stereocenters. The van der Waals surface area contributed by atoms with E-state index in [1.807, 2.05) is 20.8 Å². The van der Waals surface area contributed by atoms with Crippen LogP contribution in [0.4, 0.5) is 0 Å². The third kappa shape index (κ3) is 6.99. The summed E-state index contributed by atoms with van der Waals surface area (Å²) < 4.78 is 20.9. The first-order valence-corrected chi connectivity index (χ1v) is 8.64. The smallest absolute Gasteiger partial charge is 0.339 e. The maximum absolute atomic E-state index is 12.3. The molecule has 4 atom stereocenters. The normalized spacial score (nSPS) is 21.9. The van der Waals surface area contributed by atoms with Crippen LogP contribution in [-0.4, -0.2) is 63.0 Å². The number of amides is 1. The maximum atomic E-state index is 12.3. The Labute approximate surface area is 148 Å². The first kappa shape index (κ1) is 21.4. The van der Waals surface area contributed by atoms with E-state index in [4.69, 9.17) is 18.9 Å². The summed E-state index contributed by atoms with van der Waals surface area (Å²) in [6, 6.07) is -0.677. The van der Waals surface area contributed by atoms with Crippen LogP contribution in [0.2, 0.25) is 0 Å². The van der Waals surface area contributed by atoms with Crippen LogP contribution >= 0.6 is 0 Å². The van der Waals surface area contributed by atoms with Crippen molar-refractivity contribution in [2.45, 2.75) is 64.4 Å². The molecule has 1 amide bonds. The molecule has 1 heterocycles. The van der Waals surface area contributed by atoms with Crippen molar-refractivity contribution in [3.63, 3.8) is 0 Å². The number of cyclic esters (lactones) is 1. The molecule has 144 valence electrons. The minimum Gasteiger partial charge on any atom is -0.461 e. The Morgan fingerprint density at radius 1 is 1.36 bits per heavy atom. The number of hydrogen-bond acceptors (Lipinski definition) is 7. The highest BCUT2D eigenvalue weighted by Gasteiger charge is 2.45. The largest absolute Gasteiger partial charge is 0.461 e. The topological polar surface area (TPSA) is 100 Å². The standard InChI is InChI=1S/C17H29NO7/c1-5-12(24-16(20)13(18-10-19)8-11(2)3)9-14-15(17(21)25-14)23-7-6-22-4/h10-15H,5-9H2,1-4H3,(H,18,19)/t12-,13-,14-,15-/m0/s1. The number of esters is 2. The van der Waals surface area contributed by atoms with E-state index in [2.05, 4.69) is 5.32 Å². The zero-order chi connectivity index (χ0) is 18.8. The summed E-state index contributed by atoms with van der Waals surface area (Å²) in [4.78, 5) is 34.5. The lowest BCUT2D eigenvalue weighted by molar-refractivity contribution is -0.212. The Morgan fingerprint density at radius 3 is 2.60 bits per heavy atom. The number of rotatable bonds is 13. The van der Waals surface area contributed by atoms with Gasteiger partial charge in [0.2, 0.25) is 6.41 Å². The molecule has 0 aromatic rings. The Balaban J connectivity index is 2.53. The summed E-state index contributed by atoms with van der Waals surface area (Å²) in [6.07, 6.45) is 0.424. The number of methoxy groups -OCH3 is 1. The molecule has 1 N–H and O–H groups in total. The molecule has 1 saturated heterocycles. The zero-order valence-corrected chi connectivity index (χ0v) is 15.4. The van der Waals surface area contributed by atoms with E-state index in [1.54, 1.807) is 7.11 Å². The summed E-state index contributed by atoms with van der Waals surface area (Å²) in [6.45, 7) is 6.48. The quantitative estimate of drug-likeness (QED) is 0.295. The molecule has 1 aliphatic rings. The van der Waals surface area contributed by atoms with Crippen LogP contribution in [-0.2, 0) is 33.3 Å². The second-order valence-electron chi connectivity index (χ2n) is 6.43. The third-order valence-electron chi connectivity index (χ3n) is 3.92. The predicted octanol–water partition coefficient (Wildman–Crippen LogP) is 0.816. The minimum absolute atomic E-state index is 0.233. The molecule has 0 saturated carbocycles. The van der Waals surface area contributed by atoms with E-state index in [0.29, 0.717) is 38.9 Å². The summed E-state index contributed by atoms with van der Waals surface area (Å²) >= 11 is 0. The van der Waals surface area contributed by atoms with Crippen LogP contribution < -0.4 is 5.32 Å². The van der Waals surface area contributed by atoms with E-state index in [9.17, 15) is 14.4 Å². The van der Waals surface area contributed by atoms with Gasteiger partial charge in [0.15, 0.2) is 6.10 Å². The average Bonchev–Trinajstić information content (AvgIpc) is 2.56. The van der Waals surface area contributed by atoms with Gasteiger partial charge in [-0.15, -0.1) is 0 Å². The lowest BCUT2D eigenvalue weighted by atomic mass is 10.00. The van der Waals surface area contributed by atoms with Crippen molar-refractivity contribution < 1.29 is 33.3 Å². The van der Waals surface area contributed by atoms with Crippen LogP contribution in [0, 0.1) is 5.92 Å². The van der Waals surface area contributed by atoms with Gasteiger partial charge in [-0.05, 0) is 18.8 Å². The van der Waals surface area contributed by atoms with E-state index >= 15 is 0 Å². The van der Waals surface area contributed by atoms with Gasteiger partial charge in [0, 0.05) is 13.5 Å². The molecule has 0 aromatic heterocycles. The van der Waals surface area contributed by atoms with Gasteiger partial charge >= 0.3 is 11.9 Å². The number of carbonyl (C=O) groups excluding carboxylic acids is 3. The average molecular weight is 359 g/mol. The molecule has 25 heavy (non-hydrogen) atoms. The van der Waals surface area contributed by atoms with Gasteiger partial charge in [0.05, 0.1) is 13.2 Å². The second kappa shape index (κ2) is 11.0. The van der Waals surface area contributed by atoms with Crippen LogP contribution in [0.1, 0.15) is 40.0 Å². The van der Waals surface area contributed by atoms with E-state index < -0.39 is 36.3 Å². The molecule has 0 aromatic carbocycles. The Bertz CT molecular complexity index is 441. The van der Waals surface area contributed by atoms with Crippen molar-refractivity contribution in [2.24, 2.45) is 5.92 Å². The minimum atomic E-state index is -0.677. The fourth-order valence-electron chi connectivity index (χ4n) is 2.55. The van der Waals surface area contributed by atoms with Gasteiger partial charge in [0.1, 0.15) is 18.2 Å². The third-order valence-corrected chi connectivity index (χ3v) is 3.92. The van der Waals surface area contributed by atoms with Gasteiger partial charge in [-0.1, -0.05) is 20.8 Å². The molecular weight excluding hydrogens is 330 g/mol. The maximum Gasteiger partial charge on any atom is 0.339 e. The monoisotopic (exact) mass is 359 g/mol. The fourth-order valence-corrected chi connectivity index (χ4v) is 2.55. The van der Waals surface area contributed by atoms with Crippen molar-refractivity contribution in [1.82, 2.24) is 5.32 Å². The SMILES string of the molecule is CC[C@@H](C[C@@H]1OC(=O)[C@H]1OCCOC)OC(=O)[C@H](CC(C)C)NC=O. The van der Waals surface area contributed by atoms with Crippen molar-refractivity contribution in [2.75, 3.05) is 20.3 Å². The van der Waals surface area contributed by atoms with E-state index in [1.165, 1.54) is 0 Å². The molecule has 0 aliphatic carbocycles. The van der Waals surface area contributed by atoms with Gasteiger partial charge < -0.3 is 24.3 Å². The van der Waals surface area contributed by atoms with E-state index in [-0.39, 0.29) is 5.92 Å². The Hall–Kier alpha value is -1.67. The second-order valence-corrected chi connectivity index (χ2v) is 6.43. The van der Waals surface area contributed by atoms with Crippen molar-refractivity contribution >= 4 is 18.3 Å². The van der Waals surface area contributed by atoms with E-state index in [0.717, 1.165) is 0 Å². The first-order valence-electron chi connectivity index (χ1n) is 8.64. The number of hydrogen-bond donors (Lipinski definition) is 1. The van der Waals surface area contributed by atoms with Crippen molar-refractivity contribution in [3.05, 3.63) is 0 Å². The lowest BCUT2D eigenvalue weighted by Gasteiger charge is -2.36. The summed E-state index contributed by atoms with van der Waals surface area (Å²) in [5, 5.41) is 2.50. The van der Waals surface area contributed by atoms with Gasteiger partial charge in [-0.3, -0.25) is 4.79 Å². The van der Waals surface area contributed by atoms with Crippen LogP contribution in [0.3, 0.4) is 0 Å². The molecular formula is C17H29NO7. The molecule has 8 heteroatoms. The van der Waals surface area contributed by atoms with Crippen LogP contribution in [0.15, 0.2) is 0 Å². The molecule has 1 rings (SSSR count).